The number of alkyl halides is 3. The van der Waals surface area contributed by atoms with Crippen LogP contribution in [0, 0.1) is 11.2 Å². The maximum atomic E-state index is 13.3. The van der Waals surface area contributed by atoms with Crippen molar-refractivity contribution in [2.75, 3.05) is 5.32 Å². The Morgan fingerprint density at radius 1 is 1.11 bits per heavy atom. The fraction of sp³-hybridized carbons (Fsp3) is 0.278. The molecule has 0 fully saturated rings. The Balaban J connectivity index is 2.02. The number of benzene rings is 1. The number of nitrogens with one attached hydrogen (secondary N) is 1. The standard InChI is InChI=1S/C18H15ClF4N4O/c1-17(2,18(21,22)23)9-14(28)26-16-24-12-7-8-13(19)25-15(12)27(16)11-5-3-10(20)4-6-11/h3-8H,9H2,1-2H3,(H,24,26,28). The fourth-order valence-electron chi connectivity index (χ4n) is 2.52. The van der Waals surface area contributed by atoms with Crippen LogP contribution >= 0.6 is 11.6 Å². The highest BCUT2D eigenvalue weighted by Crippen LogP contribution is 2.40. The summed E-state index contributed by atoms with van der Waals surface area (Å²) in [5.74, 6) is -1.39. The third-order valence-electron chi connectivity index (χ3n) is 4.18. The number of rotatable bonds is 4. The van der Waals surface area contributed by atoms with Crippen molar-refractivity contribution in [2.45, 2.75) is 26.4 Å². The number of aromatic nitrogens is 3. The van der Waals surface area contributed by atoms with Crippen LogP contribution in [0.4, 0.5) is 23.5 Å². The van der Waals surface area contributed by atoms with E-state index in [4.69, 9.17) is 11.6 Å². The number of carbonyl (C=O) groups excluding carboxylic acids is 1. The molecule has 0 aliphatic carbocycles. The average Bonchev–Trinajstić information content (AvgIpc) is 2.91. The van der Waals surface area contributed by atoms with E-state index in [1.807, 2.05) is 0 Å². The van der Waals surface area contributed by atoms with Crippen LogP contribution < -0.4 is 5.32 Å². The van der Waals surface area contributed by atoms with Crippen LogP contribution in [0.1, 0.15) is 20.3 Å². The molecule has 0 aliphatic rings. The molecule has 2 aromatic heterocycles. The van der Waals surface area contributed by atoms with Gasteiger partial charge in [-0.15, -0.1) is 0 Å². The van der Waals surface area contributed by atoms with Crippen molar-refractivity contribution in [3.8, 4) is 5.69 Å². The van der Waals surface area contributed by atoms with Gasteiger partial charge in [0.25, 0.3) is 0 Å². The molecule has 1 aromatic carbocycles. The van der Waals surface area contributed by atoms with Gasteiger partial charge in [0.15, 0.2) is 5.65 Å². The van der Waals surface area contributed by atoms with Crippen molar-refractivity contribution >= 4 is 34.6 Å². The van der Waals surface area contributed by atoms with Gasteiger partial charge in [0.05, 0.1) is 11.1 Å². The van der Waals surface area contributed by atoms with Crippen molar-refractivity contribution in [1.29, 1.82) is 0 Å². The molecule has 0 aliphatic heterocycles. The van der Waals surface area contributed by atoms with Crippen LogP contribution in [0.2, 0.25) is 5.15 Å². The van der Waals surface area contributed by atoms with Crippen molar-refractivity contribution < 1.29 is 22.4 Å². The van der Waals surface area contributed by atoms with E-state index in [0.29, 0.717) is 11.2 Å². The zero-order valence-electron chi connectivity index (χ0n) is 14.8. The minimum Gasteiger partial charge on any atom is -0.296 e. The molecule has 148 valence electrons. The van der Waals surface area contributed by atoms with Crippen molar-refractivity contribution in [3.63, 3.8) is 0 Å². The number of nitrogens with zero attached hydrogens (tertiary/aromatic N) is 3. The number of amides is 1. The van der Waals surface area contributed by atoms with E-state index in [2.05, 4.69) is 15.3 Å². The number of hydrogen-bond donors (Lipinski definition) is 1. The van der Waals surface area contributed by atoms with Gasteiger partial charge in [-0.2, -0.15) is 13.2 Å². The lowest BCUT2D eigenvalue weighted by molar-refractivity contribution is -0.213. The Morgan fingerprint density at radius 2 is 1.75 bits per heavy atom. The summed E-state index contributed by atoms with van der Waals surface area (Å²) < 4.78 is 53.9. The lowest BCUT2D eigenvalue weighted by atomic mass is 9.88. The monoisotopic (exact) mass is 414 g/mol. The van der Waals surface area contributed by atoms with Crippen LogP contribution in [0.3, 0.4) is 0 Å². The van der Waals surface area contributed by atoms with Gasteiger partial charge >= 0.3 is 6.18 Å². The first-order valence-corrected chi connectivity index (χ1v) is 8.53. The molecule has 0 atom stereocenters. The zero-order valence-corrected chi connectivity index (χ0v) is 15.6. The molecule has 3 rings (SSSR count). The summed E-state index contributed by atoms with van der Waals surface area (Å²) in [4.78, 5) is 20.7. The van der Waals surface area contributed by atoms with Crippen LogP contribution in [-0.2, 0) is 4.79 Å². The van der Waals surface area contributed by atoms with E-state index < -0.39 is 29.7 Å². The molecule has 0 saturated heterocycles. The normalized spacial score (nSPS) is 12.4. The molecule has 0 unspecified atom stereocenters. The van der Waals surface area contributed by atoms with Gasteiger partial charge in [0, 0.05) is 6.42 Å². The van der Waals surface area contributed by atoms with E-state index in [1.165, 1.54) is 34.9 Å². The molecule has 5 nitrogen and oxygen atoms in total. The van der Waals surface area contributed by atoms with Gasteiger partial charge in [-0.1, -0.05) is 25.4 Å². The molecule has 3 aromatic rings. The van der Waals surface area contributed by atoms with E-state index in [1.54, 1.807) is 6.07 Å². The summed E-state index contributed by atoms with van der Waals surface area (Å²) in [6.45, 7) is 1.88. The lowest BCUT2D eigenvalue weighted by Crippen LogP contribution is -2.36. The number of imidazole rings is 1. The minimum atomic E-state index is -4.55. The lowest BCUT2D eigenvalue weighted by Gasteiger charge is -2.26. The van der Waals surface area contributed by atoms with Crippen molar-refractivity contribution in [1.82, 2.24) is 14.5 Å². The van der Waals surface area contributed by atoms with Crippen LogP contribution in [-0.4, -0.2) is 26.6 Å². The molecule has 28 heavy (non-hydrogen) atoms. The van der Waals surface area contributed by atoms with Gasteiger partial charge in [-0.25, -0.2) is 14.4 Å². The average molecular weight is 415 g/mol. The van der Waals surface area contributed by atoms with Crippen LogP contribution in [0.5, 0.6) is 0 Å². The number of carbonyl (C=O) groups is 1. The SMILES string of the molecule is CC(C)(CC(=O)Nc1nc2ccc(Cl)nc2n1-c1ccc(F)cc1)C(F)(F)F. The molecule has 0 spiro atoms. The quantitative estimate of drug-likeness (QED) is 0.475. The Bertz CT molecular complexity index is 1030. The molecule has 10 heteroatoms. The molecule has 1 N–H and O–H groups in total. The first-order chi connectivity index (χ1) is 13.0. The van der Waals surface area contributed by atoms with Gasteiger partial charge < -0.3 is 0 Å². The van der Waals surface area contributed by atoms with E-state index in [9.17, 15) is 22.4 Å². The minimum absolute atomic E-state index is 0.0423. The smallest absolute Gasteiger partial charge is 0.296 e. The number of hydrogen-bond acceptors (Lipinski definition) is 3. The third-order valence-corrected chi connectivity index (χ3v) is 4.39. The number of fused-ring (bicyclic) bond motifs is 1. The Labute approximate surface area is 162 Å². The number of anilines is 1. The summed E-state index contributed by atoms with van der Waals surface area (Å²) in [5.41, 5.74) is -1.18. The van der Waals surface area contributed by atoms with Gasteiger partial charge in [-0.05, 0) is 36.4 Å². The zero-order chi connectivity index (χ0) is 20.7. The summed E-state index contributed by atoms with van der Waals surface area (Å²) in [7, 11) is 0. The second-order valence-electron chi connectivity index (χ2n) is 6.83. The Kier molecular flexibility index (Phi) is 5.05. The molecule has 0 saturated carbocycles. The van der Waals surface area contributed by atoms with Crippen LogP contribution in [0.25, 0.3) is 16.9 Å². The first-order valence-electron chi connectivity index (χ1n) is 8.15. The summed E-state index contributed by atoms with van der Waals surface area (Å²) in [6, 6.07) is 8.29. The van der Waals surface area contributed by atoms with Gasteiger partial charge in [0.2, 0.25) is 11.9 Å². The fourth-order valence-corrected chi connectivity index (χ4v) is 2.67. The summed E-state index contributed by atoms with van der Waals surface area (Å²) in [6.07, 6.45) is -5.34. The highest BCUT2D eigenvalue weighted by Gasteiger charge is 2.48. The molecule has 0 bridgehead atoms. The second kappa shape index (κ2) is 7.05. The van der Waals surface area contributed by atoms with E-state index in [0.717, 1.165) is 13.8 Å². The van der Waals surface area contributed by atoms with E-state index >= 15 is 0 Å². The van der Waals surface area contributed by atoms with Gasteiger partial charge in [0.1, 0.15) is 16.5 Å². The Hall–Kier alpha value is -2.68. The molecular weight excluding hydrogens is 400 g/mol. The van der Waals surface area contributed by atoms with Crippen molar-refractivity contribution in [3.05, 3.63) is 47.4 Å². The highest BCUT2D eigenvalue weighted by molar-refractivity contribution is 6.29. The summed E-state index contributed by atoms with van der Waals surface area (Å²) >= 11 is 5.93. The predicted molar refractivity (Wildman–Crippen MR) is 96.9 cm³/mol. The highest BCUT2D eigenvalue weighted by atomic mass is 35.5. The molecule has 1 amide bonds. The maximum absolute atomic E-state index is 13.3. The van der Waals surface area contributed by atoms with Gasteiger partial charge in [-0.3, -0.25) is 14.7 Å². The largest absolute Gasteiger partial charge is 0.394 e. The van der Waals surface area contributed by atoms with Crippen LogP contribution in [0.15, 0.2) is 36.4 Å². The second-order valence-corrected chi connectivity index (χ2v) is 7.22. The number of pyridine rings is 1. The molecule has 2 heterocycles. The van der Waals surface area contributed by atoms with Crippen molar-refractivity contribution in [2.24, 2.45) is 5.41 Å². The molecular formula is C18H15ClF4N4O. The number of halogens is 5. The topological polar surface area (TPSA) is 59.8 Å². The predicted octanol–water partition coefficient (Wildman–Crippen LogP) is 5.13. The maximum Gasteiger partial charge on any atom is 0.394 e. The third kappa shape index (κ3) is 3.94. The Morgan fingerprint density at radius 3 is 2.36 bits per heavy atom. The summed E-state index contributed by atoms with van der Waals surface area (Å²) in [5, 5.41) is 2.56. The first kappa shape index (κ1) is 20.1. The van der Waals surface area contributed by atoms with E-state index in [-0.39, 0.29) is 16.7 Å². The molecule has 0 radical (unpaired) electrons.